The molecule has 2 aromatic rings. The van der Waals surface area contributed by atoms with E-state index in [1.807, 2.05) is 38.1 Å². The van der Waals surface area contributed by atoms with Crippen LogP contribution in [0.2, 0.25) is 0 Å². The second-order valence-electron chi connectivity index (χ2n) is 6.81. The average Bonchev–Trinajstić information content (AvgIpc) is 2.66. The summed E-state index contributed by atoms with van der Waals surface area (Å²) in [6, 6.07) is 10.9. The monoisotopic (exact) mass is 365 g/mol. The Balaban J connectivity index is 1.83. The number of aromatic nitrogens is 1. The fraction of sp³-hybridized carbons (Fsp3) is 0.300. The summed E-state index contributed by atoms with van der Waals surface area (Å²) in [5.74, 6) is -0.203. The highest BCUT2D eigenvalue weighted by molar-refractivity contribution is 6.03. The number of benzene rings is 1. The van der Waals surface area contributed by atoms with Crippen LogP contribution in [0.5, 0.6) is 0 Å². The molecule has 0 fully saturated rings. The molecule has 3 rings (SSSR count). The highest BCUT2D eigenvalue weighted by Crippen LogP contribution is 2.34. The van der Waals surface area contributed by atoms with Crippen molar-refractivity contribution in [1.82, 2.24) is 9.88 Å². The largest absolute Gasteiger partial charge is 0.369 e. The van der Waals surface area contributed by atoms with Gasteiger partial charge in [0.2, 0.25) is 5.91 Å². The third-order valence-electron chi connectivity index (χ3n) is 4.78. The van der Waals surface area contributed by atoms with Crippen LogP contribution < -0.4 is 11.1 Å². The summed E-state index contributed by atoms with van der Waals surface area (Å²) in [5.41, 5.74) is 7.95. The number of amides is 2. The highest BCUT2D eigenvalue weighted by atomic mass is 16.2. The van der Waals surface area contributed by atoms with Crippen LogP contribution >= 0.6 is 0 Å². The van der Waals surface area contributed by atoms with E-state index in [1.54, 1.807) is 25.4 Å². The molecule has 140 valence electrons. The predicted octanol–water partition coefficient (Wildman–Crippen LogP) is 2.29. The lowest BCUT2D eigenvalue weighted by Crippen LogP contribution is -2.47. The molecular weight excluding hydrogens is 342 g/mol. The van der Waals surface area contributed by atoms with Gasteiger partial charge in [0.15, 0.2) is 5.96 Å². The first kappa shape index (κ1) is 18.6. The molecule has 7 heteroatoms. The van der Waals surface area contributed by atoms with Gasteiger partial charge in [-0.25, -0.2) is 4.99 Å². The minimum atomic E-state index is -0.768. The smallest absolute Gasteiger partial charge is 0.274 e. The van der Waals surface area contributed by atoms with Crippen LogP contribution in [-0.4, -0.2) is 34.7 Å². The Morgan fingerprint density at radius 2 is 2.11 bits per heavy atom. The number of hydrogen-bond donors (Lipinski definition) is 2. The summed E-state index contributed by atoms with van der Waals surface area (Å²) in [5, 5.41) is 2.85. The number of carbonyl (C=O) groups is 2. The molecule has 2 amide bonds. The minimum absolute atomic E-state index is 0.0975. The SMILES string of the molecule is CCc1ccc(C(=O)Nc2cccc(C3(C)CC(=O)N(C)C(N)=N3)c2)nc1. The standard InChI is InChI=1S/C20H23N5O2/c1-4-13-8-9-16(22-12-13)18(27)23-15-7-5-6-14(10-15)20(2)11-17(26)25(3)19(21)24-20/h5-10,12H,4,11H2,1-3H3,(H2,21,24)(H,23,27). The maximum atomic E-state index is 12.4. The predicted molar refractivity (Wildman–Crippen MR) is 104 cm³/mol. The van der Waals surface area contributed by atoms with Crippen molar-refractivity contribution >= 4 is 23.5 Å². The Labute approximate surface area is 158 Å². The molecule has 2 heterocycles. The number of hydrogen-bond acceptors (Lipinski definition) is 5. The van der Waals surface area contributed by atoms with Crippen molar-refractivity contribution in [3.05, 3.63) is 59.4 Å². The Kier molecular flexibility index (Phi) is 4.94. The van der Waals surface area contributed by atoms with Crippen LogP contribution in [0.1, 0.15) is 41.9 Å². The van der Waals surface area contributed by atoms with Crippen LogP contribution in [0.15, 0.2) is 47.6 Å². The lowest BCUT2D eigenvalue weighted by molar-refractivity contribution is -0.128. The number of nitrogens with one attached hydrogen (secondary N) is 1. The van der Waals surface area contributed by atoms with Crippen LogP contribution in [0.25, 0.3) is 0 Å². The van der Waals surface area contributed by atoms with Gasteiger partial charge in [0.25, 0.3) is 5.91 Å². The van der Waals surface area contributed by atoms with Gasteiger partial charge in [-0.15, -0.1) is 0 Å². The zero-order chi connectivity index (χ0) is 19.6. The molecule has 1 aliphatic heterocycles. The van der Waals surface area contributed by atoms with Gasteiger partial charge < -0.3 is 11.1 Å². The van der Waals surface area contributed by atoms with E-state index in [0.717, 1.165) is 17.5 Å². The number of nitrogens with zero attached hydrogens (tertiary/aromatic N) is 3. The van der Waals surface area contributed by atoms with Gasteiger partial charge in [-0.3, -0.25) is 19.5 Å². The molecule has 7 nitrogen and oxygen atoms in total. The molecule has 0 spiro atoms. The van der Waals surface area contributed by atoms with E-state index in [-0.39, 0.29) is 24.2 Å². The topological polar surface area (TPSA) is 101 Å². The molecule has 0 saturated heterocycles. The Bertz CT molecular complexity index is 907. The number of pyridine rings is 1. The zero-order valence-electron chi connectivity index (χ0n) is 15.7. The second kappa shape index (κ2) is 7.19. The number of anilines is 1. The van der Waals surface area contributed by atoms with Crippen molar-refractivity contribution in [2.24, 2.45) is 10.7 Å². The molecule has 1 unspecified atom stereocenters. The van der Waals surface area contributed by atoms with Crippen molar-refractivity contribution in [3.8, 4) is 0 Å². The fourth-order valence-electron chi connectivity index (χ4n) is 2.97. The van der Waals surface area contributed by atoms with Crippen molar-refractivity contribution in [1.29, 1.82) is 0 Å². The normalized spacial score (nSPS) is 19.6. The minimum Gasteiger partial charge on any atom is -0.369 e. The molecule has 1 aliphatic rings. The molecule has 0 bridgehead atoms. The number of aryl methyl sites for hydroxylation is 1. The lowest BCUT2D eigenvalue weighted by Gasteiger charge is -2.33. The van der Waals surface area contributed by atoms with E-state index in [4.69, 9.17) is 5.73 Å². The highest BCUT2D eigenvalue weighted by Gasteiger charge is 2.36. The van der Waals surface area contributed by atoms with Crippen LogP contribution in [0.4, 0.5) is 5.69 Å². The molecule has 3 N–H and O–H groups in total. The maximum Gasteiger partial charge on any atom is 0.274 e. The third-order valence-corrected chi connectivity index (χ3v) is 4.78. The number of aliphatic imine (C=N–C) groups is 1. The van der Waals surface area contributed by atoms with Crippen molar-refractivity contribution in [2.75, 3.05) is 12.4 Å². The first-order valence-corrected chi connectivity index (χ1v) is 8.81. The molecule has 1 atom stereocenters. The van der Waals surface area contributed by atoms with Gasteiger partial charge in [-0.2, -0.15) is 0 Å². The van der Waals surface area contributed by atoms with Gasteiger partial charge in [0.1, 0.15) is 5.69 Å². The summed E-state index contributed by atoms with van der Waals surface area (Å²) in [7, 11) is 1.61. The quantitative estimate of drug-likeness (QED) is 0.868. The molecule has 1 aromatic carbocycles. The van der Waals surface area contributed by atoms with Gasteiger partial charge in [0, 0.05) is 18.9 Å². The zero-order valence-corrected chi connectivity index (χ0v) is 15.7. The van der Waals surface area contributed by atoms with E-state index in [1.165, 1.54) is 4.90 Å². The Morgan fingerprint density at radius 1 is 1.33 bits per heavy atom. The van der Waals surface area contributed by atoms with Gasteiger partial charge in [-0.05, 0) is 42.7 Å². The van der Waals surface area contributed by atoms with E-state index in [2.05, 4.69) is 15.3 Å². The van der Waals surface area contributed by atoms with E-state index >= 15 is 0 Å². The Hall–Kier alpha value is -3.22. The summed E-state index contributed by atoms with van der Waals surface area (Å²) >= 11 is 0. The molecule has 0 radical (unpaired) electrons. The van der Waals surface area contributed by atoms with Gasteiger partial charge in [0.05, 0.1) is 12.0 Å². The first-order valence-electron chi connectivity index (χ1n) is 8.81. The number of guanidine groups is 1. The number of carbonyl (C=O) groups excluding carboxylic acids is 2. The van der Waals surface area contributed by atoms with Crippen LogP contribution in [-0.2, 0) is 16.8 Å². The third kappa shape index (κ3) is 3.81. The van der Waals surface area contributed by atoms with E-state index in [0.29, 0.717) is 11.4 Å². The maximum absolute atomic E-state index is 12.4. The average molecular weight is 365 g/mol. The van der Waals surface area contributed by atoms with Crippen molar-refractivity contribution < 1.29 is 9.59 Å². The van der Waals surface area contributed by atoms with Crippen molar-refractivity contribution in [3.63, 3.8) is 0 Å². The Morgan fingerprint density at radius 3 is 2.74 bits per heavy atom. The molecule has 0 aliphatic carbocycles. The molecule has 1 aromatic heterocycles. The summed E-state index contributed by atoms with van der Waals surface area (Å²) in [4.78, 5) is 34.7. The number of nitrogens with two attached hydrogens (primary N) is 1. The van der Waals surface area contributed by atoms with Crippen LogP contribution in [0.3, 0.4) is 0 Å². The number of rotatable bonds is 4. The van der Waals surface area contributed by atoms with Gasteiger partial charge in [-0.1, -0.05) is 25.1 Å². The van der Waals surface area contributed by atoms with E-state index in [9.17, 15) is 9.59 Å². The van der Waals surface area contributed by atoms with Gasteiger partial charge >= 0.3 is 0 Å². The fourth-order valence-corrected chi connectivity index (χ4v) is 2.97. The van der Waals surface area contributed by atoms with Crippen LogP contribution in [0, 0.1) is 0 Å². The van der Waals surface area contributed by atoms with Crippen molar-refractivity contribution in [2.45, 2.75) is 32.2 Å². The second-order valence-corrected chi connectivity index (χ2v) is 6.81. The first-order chi connectivity index (χ1) is 12.8. The van der Waals surface area contributed by atoms with E-state index < -0.39 is 5.54 Å². The molecule has 0 saturated carbocycles. The summed E-state index contributed by atoms with van der Waals surface area (Å²) in [6.07, 6.45) is 2.78. The molecule has 27 heavy (non-hydrogen) atoms. The lowest BCUT2D eigenvalue weighted by atomic mass is 9.87. The molecular formula is C20H23N5O2. The summed E-state index contributed by atoms with van der Waals surface area (Å²) in [6.45, 7) is 3.89. The summed E-state index contributed by atoms with van der Waals surface area (Å²) < 4.78 is 0.